The number of anilines is 1. The third-order valence-electron chi connectivity index (χ3n) is 5.80. The van der Waals surface area contributed by atoms with Crippen molar-refractivity contribution >= 4 is 33.2 Å². The molecule has 0 saturated heterocycles. The van der Waals surface area contributed by atoms with Gasteiger partial charge in [0.25, 0.3) is 10.0 Å². The molecule has 0 bridgehead atoms. The molecule has 0 saturated carbocycles. The predicted octanol–water partition coefficient (Wildman–Crippen LogP) is 5.85. The largest absolute Gasteiger partial charge is 0.496 e. The molecule has 0 aliphatic heterocycles. The number of aryl methyl sites for hydroxylation is 1. The Kier molecular flexibility index (Phi) is 8.46. The van der Waals surface area contributed by atoms with Gasteiger partial charge in [0.2, 0.25) is 5.91 Å². The van der Waals surface area contributed by atoms with Crippen molar-refractivity contribution in [2.24, 2.45) is 0 Å². The van der Waals surface area contributed by atoms with E-state index in [4.69, 9.17) is 16.3 Å². The van der Waals surface area contributed by atoms with E-state index in [1.54, 1.807) is 43.5 Å². The Balaban J connectivity index is 1.91. The molecule has 1 atom stereocenters. The standard InChI is InChI=1S/C27H31ClN2O4S/c1-18(2)24-16-25(19(3)14-26(24)34-5)20(4)29-27(31)17-30(22-11-9-10-21(28)15-22)35(32,33)23-12-7-6-8-13-23/h6-16,18,20H,17H2,1-5H3,(H,29,31). The van der Waals surface area contributed by atoms with E-state index < -0.39 is 22.5 Å². The van der Waals surface area contributed by atoms with Gasteiger partial charge in [-0.25, -0.2) is 8.42 Å². The molecule has 0 spiro atoms. The number of ether oxygens (including phenoxy) is 1. The van der Waals surface area contributed by atoms with Crippen LogP contribution < -0.4 is 14.4 Å². The Morgan fingerprint density at radius 1 is 1.00 bits per heavy atom. The molecule has 35 heavy (non-hydrogen) atoms. The minimum Gasteiger partial charge on any atom is -0.496 e. The lowest BCUT2D eigenvalue weighted by Crippen LogP contribution is -2.41. The summed E-state index contributed by atoms with van der Waals surface area (Å²) in [6.07, 6.45) is 0. The molecule has 1 amide bonds. The van der Waals surface area contributed by atoms with E-state index in [0.717, 1.165) is 26.7 Å². The van der Waals surface area contributed by atoms with Gasteiger partial charge >= 0.3 is 0 Å². The highest BCUT2D eigenvalue weighted by molar-refractivity contribution is 7.92. The molecule has 0 aliphatic carbocycles. The fraction of sp³-hybridized carbons (Fsp3) is 0.296. The van der Waals surface area contributed by atoms with Crippen molar-refractivity contribution < 1.29 is 17.9 Å². The SMILES string of the molecule is COc1cc(C)c(C(C)NC(=O)CN(c2cccc(Cl)c2)S(=O)(=O)c2ccccc2)cc1C(C)C. The molecule has 0 fully saturated rings. The monoisotopic (exact) mass is 514 g/mol. The number of rotatable bonds is 9. The van der Waals surface area contributed by atoms with Gasteiger partial charge in [0.1, 0.15) is 12.3 Å². The van der Waals surface area contributed by atoms with Crippen LogP contribution in [0.4, 0.5) is 5.69 Å². The minimum absolute atomic E-state index is 0.0911. The predicted molar refractivity (Wildman–Crippen MR) is 141 cm³/mol. The number of sulfonamides is 1. The summed E-state index contributed by atoms with van der Waals surface area (Å²) in [5.74, 6) is 0.612. The summed E-state index contributed by atoms with van der Waals surface area (Å²) in [5.41, 5.74) is 3.28. The first-order valence-corrected chi connectivity index (χ1v) is 13.2. The molecule has 0 aliphatic rings. The second-order valence-electron chi connectivity index (χ2n) is 8.70. The van der Waals surface area contributed by atoms with Crippen LogP contribution in [0, 0.1) is 6.92 Å². The van der Waals surface area contributed by atoms with E-state index in [1.807, 2.05) is 26.0 Å². The Hall–Kier alpha value is -3.03. The van der Waals surface area contributed by atoms with Gasteiger partial charge in [0.15, 0.2) is 0 Å². The van der Waals surface area contributed by atoms with Gasteiger partial charge in [-0.2, -0.15) is 0 Å². The Bertz CT molecular complexity index is 1290. The van der Waals surface area contributed by atoms with Crippen molar-refractivity contribution in [3.8, 4) is 5.75 Å². The van der Waals surface area contributed by atoms with Crippen LogP contribution in [0.3, 0.4) is 0 Å². The van der Waals surface area contributed by atoms with E-state index in [0.29, 0.717) is 10.7 Å². The zero-order chi connectivity index (χ0) is 25.8. The molecule has 0 radical (unpaired) electrons. The summed E-state index contributed by atoms with van der Waals surface area (Å²) < 4.78 is 33.5. The summed E-state index contributed by atoms with van der Waals surface area (Å²) in [7, 11) is -2.36. The van der Waals surface area contributed by atoms with Gasteiger partial charge in [0.05, 0.1) is 23.7 Å². The molecule has 186 valence electrons. The number of benzene rings is 3. The highest BCUT2D eigenvalue weighted by Crippen LogP contribution is 2.32. The molecule has 3 rings (SSSR count). The van der Waals surface area contributed by atoms with Gasteiger partial charge in [-0.3, -0.25) is 9.10 Å². The van der Waals surface area contributed by atoms with Gasteiger partial charge in [-0.05, 0) is 78.9 Å². The Morgan fingerprint density at radius 2 is 1.69 bits per heavy atom. The average Bonchev–Trinajstić information content (AvgIpc) is 2.82. The third kappa shape index (κ3) is 6.16. The fourth-order valence-electron chi connectivity index (χ4n) is 3.97. The number of methoxy groups -OCH3 is 1. The topological polar surface area (TPSA) is 75.7 Å². The molecule has 8 heteroatoms. The van der Waals surface area contributed by atoms with Crippen molar-refractivity contribution in [3.63, 3.8) is 0 Å². The van der Waals surface area contributed by atoms with Crippen LogP contribution in [-0.2, 0) is 14.8 Å². The summed E-state index contributed by atoms with van der Waals surface area (Å²) in [5, 5.41) is 3.33. The molecule has 0 aromatic heterocycles. The molecule has 6 nitrogen and oxygen atoms in total. The first-order chi connectivity index (χ1) is 16.5. The Morgan fingerprint density at radius 3 is 2.29 bits per heavy atom. The van der Waals surface area contributed by atoms with Crippen molar-refractivity contribution in [1.29, 1.82) is 0 Å². The van der Waals surface area contributed by atoms with Crippen LogP contribution in [0.2, 0.25) is 5.02 Å². The summed E-state index contributed by atoms with van der Waals surface area (Å²) >= 11 is 6.14. The van der Waals surface area contributed by atoms with Crippen LogP contribution in [0.1, 0.15) is 49.4 Å². The van der Waals surface area contributed by atoms with E-state index >= 15 is 0 Å². The van der Waals surface area contributed by atoms with Gasteiger partial charge in [-0.1, -0.05) is 49.7 Å². The number of amides is 1. The summed E-state index contributed by atoms with van der Waals surface area (Å²) in [4.78, 5) is 13.2. The van der Waals surface area contributed by atoms with Crippen molar-refractivity contribution in [3.05, 3.63) is 88.4 Å². The van der Waals surface area contributed by atoms with Crippen LogP contribution >= 0.6 is 11.6 Å². The quantitative estimate of drug-likeness (QED) is 0.388. The lowest BCUT2D eigenvalue weighted by Gasteiger charge is -2.26. The lowest BCUT2D eigenvalue weighted by atomic mass is 9.93. The van der Waals surface area contributed by atoms with Crippen molar-refractivity contribution in [2.45, 2.75) is 44.6 Å². The van der Waals surface area contributed by atoms with Crippen molar-refractivity contribution in [1.82, 2.24) is 5.32 Å². The second-order valence-corrected chi connectivity index (χ2v) is 11.0. The zero-order valence-corrected chi connectivity index (χ0v) is 22.2. The van der Waals surface area contributed by atoms with Crippen LogP contribution in [0.5, 0.6) is 5.75 Å². The van der Waals surface area contributed by atoms with Crippen molar-refractivity contribution in [2.75, 3.05) is 18.0 Å². The number of carbonyl (C=O) groups excluding carboxylic acids is 1. The number of halogens is 1. The number of carbonyl (C=O) groups is 1. The molecule has 3 aromatic carbocycles. The maximum atomic E-state index is 13.5. The van der Waals surface area contributed by atoms with Gasteiger partial charge in [-0.15, -0.1) is 0 Å². The molecular weight excluding hydrogens is 484 g/mol. The minimum atomic E-state index is -4.00. The zero-order valence-electron chi connectivity index (χ0n) is 20.6. The van der Waals surface area contributed by atoms with Gasteiger partial charge in [0, 0.05) is 5.02 Å². The molecule has 1 N–H and O–H groups in total. The normalized spacial score (nSPS) is 12.3. The van der Waals surface area contributed by atoms with Crippen LogP contribution in [0.15, 0.2) is 71.6 Å². The van der Waals surface area contributed by atoms with E-state index in [9.17, 15) is 13.2 Å². The van der Waals surface area contributed by atoms with Crippen LogP contribution in [-0.4, -0.2) is 28.0 Å². The highest BCUT2D eigenvalue weighted by Gasteiger charge is 2.28. The number of nitrogens with one attached hydrogen (secondary N) is 1. The van der Waals surface area contributed by atoms with Crippen LogP contribution in [0.25, 0.3) is 0 Å². The fourth-order valence-corrected chi connectivity index (χ4v) is 5.59. The lowest BCUT2D eigenvalue weighted by molar-refractivity contribution is -0.120. The van der Waals surface area contributed by atoms with E-state index in [2.05, 4.69) is 19.2 Å². The van der Waals surface area contributed by atoms with E-state index in [1.165, 1.54) is 18.2 Å². The molecule has 3 aromatic rings. The summed E-state index contributed by atoms with van der Waals surface area (Å²) in [6.45, 7) is 7.61. The maximum Gasteiger partial charge on any atom is 0.264 e. The summed E-state index contributed by atoms with van der Waals surface area (Å²) in [6, 6.07) is 18.1. The first-order valence-electron chi connectivity index (χ1n) is 11.4. The second kappa shape index (κ2) is 11.1. The number of nitrogens with zero attached hydrogens (tertiary/aromatic N) is 1. The highest BCUT2D eigenvalue weighted by atomic mass is 35.5. The maximum absolute atomic E-state index is 13.5. The Labute approximate surface area is 212 Å². The smallest absolute Gasteiger partial charge is 0.264 e. The third-order valence-corrected chi connectivity index (χ3v) is 7.82. The molecule has 0 heterocycles. The van der Waals surface area contributed by atoms with E-state index in [-0.39, 0.29) is 16.9 Å². The molecular formula is C27H31ClN2O4S. The number of hydrogen-bond acceptors (Lipinski definition) is 4. The average molecular weight is 515 g/mol. The van der Waals surface area contributed by atoms with Gasteiger partial charge < -0.3 is 10.1 Å². The first kappa shape index (κ1) is 26.6. The molecule has 1 unspecified atom stereocenters. The number of hydrogen-bond donors (Lipinski definition) is 1.